The van der Waals surface area contributed by atoms with Crippen molar-refractivity contribution in [1.82, 2.24) is 19.5 Å². The quantitative estimate of drug-likeness (QED) is 0.621. The summed E-state index contributed by atoms with van der Waals surface area (Å²) in [7, 11) is -3.84. The summed E-state index contributed by atoms with van der Waals surface area (Å²) in [6.07, 6.45) is 4.64. The molecule has 8 nitrogen and oxygen atoms in total. The second-order valence-corrected chi connectivity index (χ2v) is 7.99. The summed E-state index contributed by atoms with van der Waals surface area (Å²) in [5.74, 6) is 1.39. The molecule has 2 heterocycles. The van der Waals surface area contributed by atoms with E-state index < -0.39 is 10.0 Å². The zero-order chi connectivity index (χ0) is 17.6. The molecule has 0 saturated heterocycles. The summed E-state index contributed by atoms with van der Waals surface area (Å²) in [4.78, 5) is 21.0. The van der Waals surface area contributed by atoms with Crippen LogP contribution >= 0.6 is 0 Å². The second kappa shape index (κ2) is 5.76. The number of anilines is 1. The standard InChI is InChI=1S/C16H19N5O3S/c1-2-13-18-14(9-21(13)8-10-6-7-10)25(23,24)20-12-5-3-4-11-15(12)19-16(22)17-11/h3-5,9-10,20H,2,6-8H2,1H3,(H2,17,19,22). The first-order chi connectivity index (χ1) is 12.0. The van der Waals surface area contributed by atoms with Crippen molar-refractivity contribution in [3.05, 3.63) is 40.7 Å². The number of rotatable bonds is 6. The van der Waals surface area contributed by atoms with Gasteiger partial charge >= 0.3 is 5.69 Å². The first kappa shape index (κ1) is 15.9. The minimum Gasteiger partial charge on any atom is -0.333 e. The maximum atomic E-state index is 12.7. The molecule has 1 aliphatic carbocycles. The van der Waals surface area contributed by atoms with E-state index in [1.807, 2.05) is 11.5 Å². The lowest BCUT2D eigenvalue weighted by Gasteiger charge is -2.06. The molecule has 3 N–H and O–H groups in total. The third kappa shape index (κ3) is 3.07. The number of benzene rings is 1. The molecule has 1 aliphatic rings. The molecule has 3 aromatic rings. The van der Waals surface area contributed by atoms with E-state index >= 15 is 0 Å². The summed E-state index contributed by atoms with van der Waals surface area (Å²) >= 11 is 0. The third-order valence-corrected chi connectivity index (χ3v) is 5.61. The fraction of sp³-hybridized carbons (Fsp3) is 0.375. The average Bonchev–Trinajstić information content (AvgIpc) is 3.13. The van der Waals surface area contributed by atoms with Gasteiger partial charge in [0.2, 0.25) is 0 Å². The lowest BCUT2D eigenvalue weighted by atomic mass is 10.3. The summed E-state index contributed by atoms with van der Waals surface area (Å²) in [6.45, 7) is 2.77. The van der Waals surface area contributed by atoms with Crippen LogP contribution in [0.15, 0.2) is 34.2 Å². The molecule has 25 heavy (non-hydrogen) atoms. The number of fused-ring (bicyclic) bond motifs is 1. The van der Waals surface area contributed by atoms with E-state index in [2.05, 4.69) is 19.7 Å². The first-order valence-electron chi connectivity index (χ1n) is 8.26. The van der Waals surface area contributed by atoms with Crippen LogP contribution in [-0.2, 0) is 23.0 Å². The van der Waals surface area contributed by atoms with Crippen LogP contribution in [0.4, 0.5) is 5.69 Å². The minimum atomic E-state index is -3.84. The van der Waals surface area contributed by atoms with Gasteiger partial charge in [-0.15, -0.1) is 0 Å². The van der Waals surface area contributed by atoms with Crippen LogP contribution < -0.4 is 10.4 Å². The van der Waals surface area contributed by atoms with Crippen molar-refractivity contribution >= 4 is 26.7 Å². The minimum absolute atomic E-state index is 0.000106. The first-order valence-corrected chi connectivity index (χ1v) is 9.74. The Bertz CT molecular complexity index is 1090. The highest BCUT2D eigenvalue weighted by Gasteiger charge is 2.26. The van der Waals surface area contributed by atoms with Crippen molar-refractivity contribution < 1.29 is 8.42 Å². The van der Waals surface area contributed by atoms with Gasteiger partial charge in [0.15, 0.2) is 5.03 Å². The van der Waals surface area contributed by atoms with Crippen molar-refractivity contribution in [2.45, 2.75) is 37.8 Å². The molecular weight excluding hydrogens is 342 g/mol. The molecule has 0 aliphatic heterocycles. The smallest absolute Gasteiger partial charge is 0.323 e. The van der Waals surface area contributed by atoms with Gasteiger partial charge in [-0.05, 0) is 30.9 Å². The van der Waals surface area contributed by atoms with E-state index in [9.17, 15) is 13.2 Å². The molecule has 9 heteroatoms. The van der Waals surface area contributed by atoms with Crippen LogP contribution in [0.25, 0.3) is 11.0 Å². The predicted octanol–water partition coefficient (Wildman–Crippen LogP) is 1.83. The summed E-state index contributed by atoms with van der Waals surface area (Å²) in [6, 6.07) is 4.98. The van der Waals surface area contributed by atoms with Gasteiger partial charge in [0, 0.05) is 19.2 Å². The molecule has 1 fully saturated rings. The van der Waals surface area contributed by atoms with Gasteiger partial charge in [-0.2, -0.15) is 8.42 Å². The van der Waals surface area contributed by atoms with Crippen molar-refractivity contribution in [1.29, 1.82) is 0 Å². The second-order valence-electron chi connectivity index (χ2n) is 6.36. The monoisotopic (exact) mass is 361 g/mol. The molecule has 1 aromatic carbocycles. The van der Waals surface area contributed by atoms with E-state index in [1.54, 1.807) is 24.4 Å². The molecule has 0 radical (unpaired) electrons. The third-order valence-electron chi connectivity index (χ3n) is 4.38. The highest BCUT2D eigenvalue weighted by molar-refractivity contribution is 7.92. The normalized spacial score (nSPS) is 14.9. The maximum absolute atomic E-state index is 12.7. The molecule has 0 amide bonds. The van der Waals surface area contributed by atoms with Crippen molar-refractivity contribution in [3.8, 4) is 0 Å². The van der Waals surface area contributed by atoms with Gasteiger partial charge in [-0.3, -0.25) is 4.72 Å². The van der Waals surface area contributed by atoms with Crippen LogP contribution in [0.1, 0.15) is 25.6 Å². The largest absolute Gasteiger partial charge is 0.333 e. The van der Waals surface area contributed by atoms with Crippen molar-refractivity contribution in [2.75, 3.05) is 4.72 Å². The van der Waals surface area contributed by atoms with Crippen LogP contribution in [0.3, 0.4) is 0 Å². The molecule has 0 spiro atoms. The highest BCUT2D eigenvalue weighted by atomic mass is 32.2. The fourth-order valence-corrected chi connectivity index (χ4v) is 3.97. The predicted molar refractivity (Wildman–Crippen MR) is 94.1 cm³/mol. The highest BCUT2D eigenvalue weighted by Crippen LogP contribution is 2.31. The zero-order valence-electron chi connectivity index (χ0n) is 13.7. The lowest BCUT2D eigenvalue weighted by Crippen LogP contribution is -2.14. The van der Waals surface area contributed by atoms with Crippen molar-refractivity contribution in [3.63, 3.8) is 0 Å². The summed E-state index contributed by atoms with van der Waals surface area (Å²) in [5.41, 5.74) is 0.886. The number of H-pyrrole nitrogens is 2. The number of para-hydroxylation sites is 1. The van der Waals surface area contributed by atoms with Gasteiger partial charge in [0.25, 0.3) is 10.0 Å². The number of hydrogen-bond donors (Lipinski definition) is 3. The molecule has 0 bridgehead atoms. The van der Waals surface area contributed by atoms with E-state index in [-0.39, 0.29) is 10.7 Å². The number of aromatic nitrogens is 4. The molecule has 4 rings (SSSR count). The Morgan fingerprint density at radius 1 is 1.32 bits per heavy atom. The Kier molecular flexibility index (Phi) is 3.68. The van der Waals surface area contributed by atoms with Crippen LogP contribution in [0.5, 0.6) is 0 Å². The maximum Gasteiger partial charge on any atom is 0.323 e. The number of imidazole rings is 2. The summed E-state index contributed by atoms with van der Waals surface area (Å²) < 4.78 is 30.0. The Morgan fingerprint density at radius 3 is 2.84 bits per heavy atom. The molecule has 0 atom stereocenters. The molecule has 0 unspecified atom stereocenters. The number of nitrogens with one attached hydrogen (secondary N) is 3. The topological polar surface area (TPSA) is 113 Å². The average molecular weight is 361 g/mol. The lowest BCUT2D eigenvalue weighted by molar-refractivity contribution is 0.594. The molecular formula is C16H19N5O3S. The van der Waals surface area contributed by atoms with E-state index in [1.165, 1.54) is 12.8 Å². The van der Waals surface area contributed by atoms with Gasteiger partial charge in [-0.1, -0.05) is 13.0 Å². The number of hydrogen-bond acceptors (Lipinski definition) is 4. The van der Waals surface area contributed by atoms with Crippen LogP contribution in [-0.4, -0.2) is 27.9 Å². The van der Waals surface area contributed by atoms with E-state index in [4.69, 9.17) is 0 Å². The Hall–Kier alpha value is -2.55. The van der Waals surface area contributed by atoms with Crippen LogP contribution in [0.2, 0.25) is 0 Å². The Morgan fingerprint density at radius 2 is 2.12 bits per heavy atom. The summed E-state index contributed by atoms with van der Waals surface area (Å²) in [5, 5.41) is -0.000106. The zero-order valence-corrected chi connectivity index (χ0v) is 14.6. The molecule has 132 valence electrons. The number of sulfonamides is 1. The Labute approximate surface area is 144 Å². The number of nitrogens with zero attached hydrogens (tertiary/aromatic N) is 2. The van der Waals surface area contributed by atoms with E-state index in [0.29, 0.717) is 29.1 Å². The van der Waals surface area contributed by atoms with Gasteiger partial charge in [-0.25, -0.2) is 9.78 Å². The fourth-order valence-electron chi connectivity index (χ4n) is 2.92. The van der Waals surface area contributed by atoms with Gasteiger partial charge in [0.05, 0.1) is 16.7 Å². The van der Waals surface area contributed by atoms with Gasteiger partial charge in [0.1, 0.15) is 5.82 Å². The molecule has 1 saturated carbocycles. The SMILES string of the molecule is CCc1nc(S(=O)(=O)Nc2cccc3[nH]c(=O)[nH]c23)cn1CC1CC1. The van der Waals surface area contributed by atoms with E-state index in [0.717, 1.165) is 12.4 Å². The van der Waals surface area contributed by atoms with Crippen LogP contribution in [0, 0.1) is 5.92 Å². The Balaban J connectivity index is 1.69. The van der Waals surface area contributed by atoms with Gasteiger partial charge < -0.3 is 14.5 Å². The van der Waals surface area contributed by atoms with Crippen molar-refractivity contribution in [2.24, 2.45) is 5.92 Å². The number of aromatic amines is 2. The number of aryl methyl sites for hydroxylation is 1. The molecule has 2 aromatic heterocycles.